The summed E-state index contributed by atoms with van der Waals surface area (Å²) in [6.07, 6.45) is 0.979. The van der Waals surface area contributed by atoms with Gasteiger partial charge in [0.05, 0.1) is 12.1 Å². The van der Waals surface area contributed by atoms with Gasteiger partial charge in [-0.1, -0.05) is 49.3 Å². The Kier molecular flexibility index (Phi) is 8.44. The number of nitrogens with one attached hydrogen (secondary N) is 1. The molecule has 0 saturated heterocycles. The van der Waals surface area contributed by atoms with Crippen molar-refractivity contribution in [3.05, 3.63) is 66.0 Å². The molecule has 0 aliphatic heterocycles. The molecule has 0 fully saturated rings. The molecule has 1 N–H and O–H groups in total. The Balaban J connectivity index is 1.95. The van der Waals surface area contributed by atoms with E-state index in [4.69, 9.17) is 16.7 Å². The number of nitrogens with zero attached hydrogens (tertiary/aromatic N) is 3. The van der Waals surface area contributed by atoms with Crippen LogP contribution in [-0.4, -0.2) is 34.8 Å². The molecule has 176 valence electrons. The summed E-state index contributed by atoms with van der Waals surface area (Å²) in [5, 5.41) is 8.29. The highest BCUT2D eigenvalue weighted by atomic mass is 32.1. The van der Waals surface area contributed by atoms with Crippen LogP contribution >= 0.6 is 12.2 Å². The van der Waals surface area contributed by atoms with E-state index in [1.807, 2.05) is 37.4 Å². The lowest BCUT2D eigenvalue weighted by Gasteiger charge is -2.28. The Labute approximate surface area is 201 Å². The second kappa shape index (κ2) is 11.3. The number of benzene rings is 2. The fraction of sp³-hybridized carbons (Fsp3) is 0.385. The molecule has 0 unspecified atom stereocenters. The van der Waals surface area contributed by atoms with E-state index in [-0.39, 0.29) is 11.9 Å². The summed E-state index contributed by atoms with van der Waals surface area (Å²) in [7, 11) is 2.01. The van der Waals surface area contributed by atoms with Crippen LogP contribution in [0, 0.1) is 11.7 Å². The van der Waals surface area contributed by atoms with Crippen LogP contribution in [0.5, 0.6) is 0 Å². The summed E-state index contributed by atoms with van der Waals surface area (Å²) in [5.41, 5.74) is 3.56. The summed E-state index contributed by atoms with van der Waals surface area (Å²) in [4.78, 5) is 4.22. The Morgan fingerprint density at radius 3 is 2.33 bits per heavy atom. The van der Waals surface area contributed by atoms with Crippen molar-refractivity contribution in [3.8, 4) is 11.3 Å². The highest BCUT2D eigenvalue weighted by molar-refractivity contribution is 7.80. The molecule has 0 aliphatic carbocycles. The molecule has 0 amide bonds. The molecule has 1 heterocycles. The van der Waals surface area contributed by atoms with Crippen molar-refractivity contribution in [2.75, 3.05) is 23.8 Å². The van der Waals surface area contributed by atoms with E-state index in [1.54, 1.807) is 12.1 Å². The maximum Gasteiger partial charge on any atom is 0.232 e. The zero-order valence-electron chi connectivity index (χ0n) is 20.0. The summed E-state index contributed by atoms with van der Waals surface area (Å²) in [5.74, 6) is 0.986. The summed E-state index contributed by atoms with van der Waals surface area (Å²) >= 11 is 5.79. The molecule has 33 heavy (non-hydrogen) atoms. The zero-order chi connectivity index (χ0) is 24.0. The zero-order valence-corrected chi connectivity index (χ0v) is 20.8. The third kappa shape index (κ3) is 6.54. The lowest BCUT2D eigenvalue weighted by atomic mass is 10.1. The van der Waals surface area contributed by atoms with Gasteiger partial charge in [-0.3, -0.25) is 0 Å². The average molecular weight is 469 g/mol. The predicted octanol–water partition coefficient (Wildman–Crippen LogP) is 6.57. The number of halogens is 1. The SMILES string of the molecule is CC(C)CCN(Cc1c(-c2ccccc2)noc1N(C)C(C)C)C(=S)Nc1ccc(F)cc1. The molecule has 3 aromatic rings. The summed E-state index contributed by atoms with van der Waals surface area (Å²) in [6, 6.07) is 16.5. The molecule has 0 spiro atoms. The van der Waals surface area contributed by atoms with Crippen molar-refractivity contribution < 1.29 is 8.91 Å². The van der Waals surface area contributed by atoms with Gasteiger partial charge in [0.1, 0.15) is 11.5 Å². The van der Waals surface area contributed by atoms with Crippen LogP contribution < -0.4 is 10.2 Å². The Morgan fingerprint density at radius 2 is 1.73 bits per heavy atom. The van der Waals surface area contributed by atoms with E-state index in [0.717, 1.165) is 41.4 Å². The normalized spacial score (nSPS) is 11.2. The Hall–Kier alpha value is -2.93. The van der Waals surface area contributed by atoms with Gasteiger partial charge in [-0.05, 0) is 62.7 Å². The van der Waals surface area contributed by atoms with Gasteiger partial charge in [0.25, 0.3) is 0 Å². The van der Waals surface area contributed by atoms with Gasteiger partial charge in [-0.2, -0.15) is 0 Å². The second-order valence-corrected chi connectivity index (χ2v) is 9.31. The smallest absolute Gasteiger partial charge is 0.232 e. The standard InChI is InChI=1S/C26H33FN4OS/c1-18(2)15-16-31(26(33)28-22-13-11-21(27)12-14-22)17-23-24(20-9-7-6-8-10-20)29-32-25(23)30(5)19(3)4/h6-14,18-19H,15-17H2,1-5H3,(H,28,33). The molecule has 0 aliphatic rings. The van der Waals surface area contributed by atoms with Crippen molar-refractivity contribution in [2.45, 2.75) is 46.7 Å². The van der Waals surface area contributed by atoms with E-state index >= 15 is 0 Å². The molecular formula is C26H33FN4OS. The van der Waals surface area contributed by atoms with Crippen LogP contribution in [0.3, 0.4) is 0 Å². The van der Waals surface area contributed by atoms with Crippen LogP contribution in [0.2, 0.25) is 0 Å². The van der Waals surface area contributed by atoms with Crippen LogP contribution in [-0.2, 0) is 6.54 Å². The maximum absolute atomic E-state index is 13.3. The van der Waals surface area contributed by atoms with Crippen LogP contribution in [0.15, 0.2) is 59.1 Å². The quantitative estimate of drug-likeness (QED) is 0.358. The predicted molar refractivity (Wildman–Crippen MR) is 138 cm³/mol. The average Bonchev–Trinajstić information content (AvgIpc) is 3.21. The number of anilines is 2. The molecule has 2 aromatic carbocycles. The first-order chi connectivity index (χ1) is 15.8. The molecule has 0 saturated carbocycles. The van der Waals surface area contributed by atoms with Crippen LogP contribution in [0.1, 0.15) is 39.7 Å². The number of rotatable bonds is 9. The lowest BCUT2D eigenvalue weighted by molar-refractivity contribution is 0.375. The molecule has 0 radical (unpaired) electrons. The lowest BCUT2D eigenvalue weighted by Crippen LogP contribution is -2.36. The highest BCUT2D eigenvalue weighted by Crippen LogP contribution is 2.33. The number of aromatic nitrogens is 1. The van der Waals surface area contributed by atoms with Gasteiger partial charge in [-0.15, -0.1) is 0 Å². The Bertz CT molecular complexity index is 1030. The fourth-order valence-corrected chi connectivity index (χ4v) is 3.64. The topological polar surface area (TPSA) is 44.5 Å². The van der Waals surface area contributed by atoms with Crippen molar-refractivity contribution in [1.82, 2.24) is 10.1 Å². The number of thiocarbonyl (C=S) groups is 1. The van der Waals surface area contributed by atoms with E-state index in [0.29, 0.717) is 17.6 Å². The van der Waals surface area contributed by atoms with Crippen LogP contribution in [0.4, 0.5) is 16.0 Å². The summed E-state index contributed by atoms with van der Waals surface area (Å²) < 4.78 is 19.2. The number of hydrogen-bond donors (Lipinski definition) is 1. The molecular weight excluding hydrogens is 435 g/mol. The van der Waals surface area contributed by atoms with Gasteiger partial charge < -0.3 is 19.6 Å². The monoisotopic (exact) mass is 468 g/mol. The maximum atomic E-state index is 13.3. The van der Waals surface area contributed by atoms with Gasteiger partial charge in [0.2, 0.25) is 5.88 Å². The van der Waals surface area contributed by atoms with Crippen LogP contribution in [0.25, 0.3) is 11.3 Å². The van der Waals surface area contributed by atoms with E-state index < -0.39 is 0 Å². The van der Waals surface area contributed by atoms with E-state index in [1.165, 1.54) is 12.1 Å². The first kappa shape index (κ1) is 24.7. The minimum absolute atomic E-state index is 0.244. The fourth-order valence-electron chi connectivity index (χ4n) is 3.37. The van der Waals surface area contributed by atoms with Crippen molar-refractivity contribution in [3.63, 3.8) is 0 Å². The molecule has 7 heteroatoms. The van der Waals surface area contributed by atoms with E-state index in [2.05, 4.69) is 48.0 Å². The minimum atomic E-state index is -0.276. The molecule has 5 nitrogen and oxygen atoms in total. The number of hydrogen-bond acceptors (Lipinski definition) is 4. The molecule has 0 bridgehead atoms. The van der Waals surface area contributed by atoms with Gasteiger partial charge in [0.15, 0.2) is 5.11 Å². The van der Waals surface area contributed by atoms with Crippen molar-refractivity contribution in [1.29, 1.82) is 0 Å². The summed E-state index contributed by atoms with van der Waals surface area (Å²) in [6.45, 7) is 9.94. The third-order valence-corrected chi connectivity index (χ3v) is 5.98. The highest BCUT2D eigenvalue weighted by Gasteiger charge is 2.25. The van der Waals surface area contributed by atoms with Crippen molar-refractivity contribution >= 4 is 28.9 Å². The largest absolute Gasteiger partial charge is 0.344 e. The van der Waals surface area contributed by atoms with E-state index in [9.17, 15) is 4.39 Å². The first-order valence-electron chi connectivity index (χ1n) is 11.3. The Morgan fingerprint density at radius 1 is 1.06 bits per heavy atom. The molecule has 0 atom stereocenters. The third-order valence-electron chi connectivity index (χ3n) is 5.62. The minimum Gasteiger partial charge on any atom is -0.344 e. The molecule has 1 aromatic heterocycles. The first-order valence-corrected chi connectivity index (χ1v) is 11.7. The van der Waals surface area contributed by atoms with Gasteiger partial charge in [0, 0.05) is 30.9 Å². The van der Waals surface area contributed by atoms with Gasteiger partial charge in [-0.25, -0.2) is 4.39 Å². The molecule has 3 rings (SSSR count). The van der Waals surface area contributed by atoms with Gasteiger partial charge >= 0.3 is 0 Å². The second-order valence-electron chi connectivity index (χ2n) is 8.93. The van der Waals surface area contributed by atoms with Crippen molar-refractivity contribution in [2.24, 2.45) is 5.92 Å².